The van der Waals surface area contributed by atoms with Crippen molar-refractivity contribution >= 4 is 5.97 Å². The molecule has 2 bridgehead atoms. The van der Waals surface area contributed by atoms with E-state index in [0.717, 1.165) is 32.1 Å². The van der Waals surface area contributed by atoms with Gasteiger partial charge in [-0.15, -0.1) is 0 Å². The number of carbonyl (C=O) groups excluding carboxylic acids is 1. The summed E-state index contributed by atoms with van der Waals surface area (Å²) in [6, 6.07) is 0. The third-order valence-electron chi connectivity index (χ3n) is 20.6. The van der Waals surface area contributed by atoms with Gasteiger partial charge in [0.25, 0.3) is 0 Å². The quantitative estimate of drug-likeness (QED) is 0.103. The Morgan fingerprint density at radius 2 is 1.21 bits per heavy atom. The Bertz CT molecular complexity index is 2210. The molecule has 0 aromatic rings. The molecule has 2 saturated carbocycles. The third kappa shape index (κ3) is 10.6. The lowest BCUT2D eigenvalue weighted by Crippen LogP contribution is -2.65. The maximum Gasteiger partial charge on any atom is 0.302 e. The van der Waals surface area contributed by atoms with E-state index in [1.807, 2.05) is 20.8 Å². The second kappa shape index (κ2) is 23.8. The molecule has 8 saturated heterocycles. The first-order chi connectivity index (χ1) is 38.6. The SMILES string of the molecule is CO[C@@H]1C(O)[C@H](O[C@@H]2C(C)O[C@@H](O[C@@H]3C(C)O[C@@H](O[C@@H]4C(C)O[C@@H](O[C@H]5CC[C@@]6(COC(C)=O)C(=CC[C@@H]7[C@@H]6CC[C@]6(C)[C@@H]8[C@H]9CO[C@]8(C)O[C@@]76O9)C5)C[C@H]4OC)C[C@H]3OC)C[C@H]2OC)OC(C)[C@H]1O[C@@H]1OC(CO)[C@@H](O)[C@H](O)C1O. The van der Waals surface area contributed by atoms with Crippen molar-refractivity contribution in [2.45, 2.75) is 265 Å². The van der Waals surface area contributed by atoms with Gasteiger partial charge in [0.2, 0.25) is 0 Å². The molecule has 462 valence electrons. The summed E-state index contributed by atoms with van der Waals surface area (Å²) in [5.74, 6) is -1.20. The first-order valence-corrected chi connectivity index (χ1v) is 29.5. The summed E-state index contributed by atoms with van der Waals surface area (Å²) in [5, 5.41) is 52.4. The zero-order chi connectivity index (χ0) is 57.7. The number of ether oxygens (including phenoxy) is 18. The lowest BCUT2D eigenvalue weighted by atomic mass is 9.47. The van der Waals surface area contributed by atoms with Crippen LogP contribution in [0.5, 0.6) is 0 Å². The molecule has 24 heteroatoms. The highest BCUT2D eigenvalue weighted by Crippen LogP contribution is 2.76. The number of carbonyl (C=O) groups is 1. The van der Waals surface area contributed by atoms with Crippen molar-refractivity contribution in [3.8, 4) is 0 Å². The standard InChI is InChI=1S/C57H90O24/c1-25-46(34(64-8)19-39(70-25)74-31-14-17-56(24-68-29(5)59)30(18-31)12-13-33-32(56)15-16-54(6)51-38-23-69-55(51,7)81-57(33,54)80-38)76-40-20-35(65-9)47(26(2)71-40)77-41-21-36(66-10)48(27(3)72-41)78-53-45(63)50(67-11)49(28(4)73-53)79-52-44(62)43(61)42(60)37(22-58)75-52/h12,25-28,31-53,58,60-63H,13-24H2,1-11H3/t25?,26?,27?,28?,31-,32-,33+,34+,35+,36+,37?,38+,39-,40-,41-,42+,43-,44?,45?,46+,47+,48+,49+,50+,51-,52-,53-,54+,55+,56+,57-/m0/s1. The van der Waals surface area contributed by atoms with Crippen molar-refractivity contribution in [3.63, 3.8) is 0 Å². The Labute approximate surface area is 474 Å². The molecule has 3 aliphatic carbocycles. The molecule has 8 aliphatic heterocycles. The van der Waals surface area contributed by atoms with Crippen LogP contribution in [-0.4, -0.2) is 239 Å². The van der Waals surface area contributed by atoms with Crippen molar-refractivity contribution in [3.05, 3.63) is 11.6 Å². The molecule has 24 nitrogen and oxygen atoms in total. The van der Waals surface area contributed by atoms with Gasteiger partial charge in [-0.2, -0.15) is 0 Å². The third-order valence-corrected chi connectivity index (χ3v) is 20.6. The Hall–Kier alpha value is -1.67. The van der Waals surface area contributed by atoms with Crippen LogP contribution < -0.4 is 0 Å². The van der Waals surface area contributed by atoms with Crippen LogP contribution in [0.1, 0.15) is 106 Å². The number of hydrogen-bond acceptors (Lipinski definition) is 24. The zero-order valence-corrected chi connectivity index (χ0v) is 48.6. The van der Waals surface area contributed by atoms with E-state index in [2.05, 4.69) is 19.9 Å². The smallest absolute Gasteiger partial charge is 0.302 e. The number of aliphatic hydroxyl groups excluding tert-OH is 5. The number of fused-ring (bicyclic) bond motifs is 3. The molecule has 5 N–H and O–H groups in total. The predicted molar refractivity (Wildman–Crippen MR) is 275 cm³/mol. The maximum absolute atomic E-state index is 12.5. The molecule has 0 aromatic carbocycles. The summed E-state index contributed by atoms with van der Waals surface area (Å²) in [7, 11) is 6.21. The molecular formula is C57H90O24. The van der Waals surface area contributed by atoms with Gasteiger partial charge < -0.3 is 111 Å². The maximum atomic E-state index is 12.5. The number of aliphatic hydroxyl groups is 5. The second-order valence-electron chi connectivity index (χ2n) is 25.1. The zero-order valence-electron chi connectivity index (χ0n) is 48.6. The molecule has 8 heterocycles. The normalized spacial score (nSPS) is 54.0. The van der Waals surface area contributed by atoms with Crippen LogP contribution >= 0.6 is 0 Å². The van der Waals surface area contributed by atoms with Gasteiger partial charge in [0, 0.05) is 71.4 Å². The van der Waals surface area contributed by atoms with Crippen molar-refractivity contribution < 1.29 is 116 Å². The Morgan fingerprint density at radius 1 is 0.642 bits per heavy atom. The Morgan fingerprint density at radius 3 is 1.78 bits per heavy atom. The van der Waals surface area contributed by atoms with Crippen molar-refractivity contribution in [2.75, 3.05) is 48.3 Å². The summed E-state index contributed by atoms with van der Waals surface area (Å²) < 4.78 is 114. The highest BCUT2D eigenvalue weighted by Gasteiger charge is 2.83. The van der Waals surface area contributed by atoms with E-state index >= 15 is 0 Å². The molecular weight excluding hydrogens is 1070 g/mol. The molecule has 0 aromatic heterocycles. The van der Waals surface area contributed by atoms with E-state index in [9.17, 15) is 30.3 Å². The first kappa shape index (κ1) is 61.0. The molecule has 0 spiro atoms. The number of rotatable bonds is 17. The fourth-order valence-corrected chi connectivity index (χ4v) is 16.7. The number of esters is 1. The number of allylic oxidation sites excluding steroid dienone is 1. The summed E-state index contributed by atoms with van der Waals surface area (Å²) >= 11 is 0. The topological polar surface area (TPSA) is 284 Å². The van der Waals surface area contributed by atoms with E-state index in [-0.39, 0.29) is 59.3 Å². The average molecular weight is 1160 g/mol. The van der Waals surface area contributed by atoms with Gasteiger partial charge in [-0.05, 0) is 79.1 Å². The van der Waals surface area contributed by atoms with Gasteiger partial charge in [-0.3, -0.25) is 4.79 Å². The lowest BCUT2D eigenvalue weighted by molar-refractivity contribution is -0.374. The summed E-state index contributed by atoms with van der Waals surface area (Å²) in [4.78, 5) is 12.5. The minimum absolute atomic E-state index is 0.0224. The van der Waals surface area contributed by atoms with Crippen molar-refractivity contribution in [2.24, 2.45) is 28.6 Å². The molecule has 11 rings (SSSR count). The molecule has 7 unspecified atom stereocenters. The minimum atomic E-state index is -1.67. The summed E-state index contributed by atoms with van der Waals surface area (Å²) in [5.41, 5.74) is 0.758. The first-order valence-electron chi connectivity index (χ1n) is 29.5. The van der Waals surface area contributed by atoms with Crippen LogP contribution in [0.3, 0.4) is 0 Å². The number of hydrogen-bond donors (Lipinski definition) is 5. The molecule has 0 amide bonds. The van der Waals surface area contributed by atoms with E-state index < -0.39 is 147 Å². The van der Waals surface area contributed by atoms with Gasteiger partial charge in [0.15, 0.2) is 43.0 Å². The minimum Gasteiger partial charge on any atom is -0.465 e. The molecule has 81 heavy (non-hydrogen) atoms. The Kier molecular flexibility index (Phi) is 17.9. The van der Waals surface area contributed by atoms with E-state index in [1.165, 1.54) is 19.6 Å². The fourth-order valence-electron chi connectivity index (χ4n) is 16.7. The highest BCUT2D eigenvalue weighted by molar-refractivity contribution is 5.66. The van der Waals surface area contributed by atoms with Crippen molar-refractivity contribution in [1.82, 2.24) is 0 Å². The monoisotopic (exact) mass is 1160 g/mol. The predicted octanol–water partition coefficient (Wildman–Crippen LogP) is 1.87. The van der Waals surface area contributed by atoms with Crippen LogP contribution in [0, 0.1) is 28.6 Å². The second-order valence-corrected chi connectivity index (χ2v) is 25.1. The molecule has 0 radical (unpaired) electrons. The summed E-state index contributed by atoms with van der Waals surface area (Å²) in [6.07, 6.45) is -11.6. The average Bonchev–Trinajstić information content (AvgIpc) is 2.12. The molecule has 10 fully saturated rings. The van der Waals surface area contributed by atoms with Gasteiger partial charge in [-0.1, -0.05) is 18.6 Å². The van der Waals surface area contributed by atoms with Crippen LogP contribution in [0.4, 0.5) is 0 Å². The van der Waals surface area contributed by atoms with E-state index in [4.69, 9.17) is 85.3 Å². The van der Waals surface area contributed by atoms with Crippen LogP contribution in [0.2, 0.25) is 0 Å². The molecule has 11 aliphatic rings. The van der Waals surface area contributed by atoms with Crippen molar-refractivity contribution in [1.29, 1.82) is 0 Å². The summed E-state index contributed by atoms with van der Waals surface area (Å²) in [6.45, 7) is 13.5. The van der Waals surface area contributed by atoms with Gasteiger partial charge >= 0.3 is 5.97 Å². The van der Waals surface area contributed by atoms with Gasteiger partial charge in [-0.25, -0.2) is 0 Å². The lowest BCUT2D eigenvalue weighted by Gasteiger charge is -2.60. The van der Waals surface area contributed by atoms with E-state index in [0.29, 0.717) is 32.5 Å². The largest absolute Gasteiger partial charge is 0.465 e. The fraction of sp³-hybridized carbons (Fsp3) is 0.947. The highest BCUT2D eigenvalue weighted by atomic mass is 16.8. The van der Waals surface area contributed by atoms with Crippen LogP contribution in [0.25, 0.3) is 0 Å². The van der Waals surface area contributed by atoms with Gasteiger partial charge in [0.05, 0.1) is 74.1 Å². The molecule has 31 atom stereocenters. The van der Waals surface area contributed by atoms with Gasteiger partial charge in [0.1, 0.15) is 67.6 Å². The van der Waals surface area contributed by atoms with Crippen LogP contribution in [-0.2, 0) is 90.1 Å². The van der Waals surface area contributed by atoms with E-state index in [1.54, 1.807) is 28.3 Å². The van der Waals surface area contributed by atoms with Crippen LogP contribution in [0.15, 0.2) is 11.6 Å². The number of methoxy groups -OCH3 is 4. The Balaban J connectivity index is 0.673.